The van der Waals surface area contributed by atoms with E-state index >= 15 is 0 Å². The van der Waals surface area contributed by atoms with Gasteiger partial charge in [0.25, 0.3) is 0 Å². The zero-order valence-electron chi connectivity index (χ0n) is 15.8. The van der Waals surface area contributed by atoms with Crippen molar-refractivity contribution in [3.8, 4) is 5.75 Å². The lowest BCUT2D eigenvalue weighted by Crippen LogP contribution is -2.37. The predicted octanol–water partition coefficient (Wildman–Crippen LogP) is 1.80. The molecule has 1 atom stereocenters. The Morgan fingerprint density at radius 1 is 1.37 bits per heavy atom. The van der Waals surface area contributed by atoms with Gasteiger partial charge in [-0.3, -0.25) is 14.3 Å². The maximum Gasteiger partial charge on any atom is 0.241 e. The third kappa shape index (κ3) is 5.45. The SMILES string of the molecule is CNC(C(=O)NCCC(=O)Nc1cc(C)c(Cl)cc1OC)c1cnn(C)c1. The van der Waals surface area contributed by atoms with E-state index in [1.54, 1.807) is 43.3 Å². The van der Waals surface area contributed by atoms with E-state index in [2.05, 4.69) is 21.0 Å². The van der Waals surface area contributed by atoms with Crippen molar-refractivity contribution in [2.45, 2.75) is 19.4 Å². The molecule has 2 amide bonds. The van der Waals surface area contributed by atoms with Gasteiger partial charge in [0.15, 0.2) is 0 Å². The van der Waals surface area contributed by atoms with Crippen LogP contribution in [0.5, 0.6) is 5.75 Å². The number of aryl methyl sites for hydroxylation is 2. The molecule has 0 aliphatic heterocycles. The van der Waals surface area contributed by atoms with E-state index in [0.29, 0.717) is 16.5 Å². The van der Waals surface area contributed by atoms with Gasteiger partial charge >= 0.3 is 0 Å². The molecule has 3 N–H and O–H groups in total. The number of carbonyl (C=O) groups excluding carboxylic acids is 2. The third-order valence-corrected chi connectivity index (χ3v) is 4.42. The predicted molar refractivity (Wildman–Crippen MR) is 104 cm³/mol. The minimum atomic E-state index is -0.527. The van der Waals surface area contributed by atoms with E-state index < -0.39 is 6.04 Å². The highest BCUT2D eigenvalue weighted by atomic mass is 35.5. The van der Waals surface area contributed by atoms with Gasteiger partial charge < -0.3 is 20.7 Å². The number of hydrogen-bond donors (Lipinski definition) is 3. The topological polar surface area (TPSA) is 97.3 Å². The van der Waals surface area contributed by atoms with Crippen LogP contribution in [0.1, 0.15) is 23.6 Å². The van der Waals surface area contributed by atoms with Gasteiger partial charge in [-0.25, -0.2) is 0 Å². The average molecular weight is 394 g/mol. The number of nitrogens with one attached hydrogen (secondary N) is 3. The van der Waals surface area contributed by atoms with Crippen molar-refractivity contribution in [1.82, 2.24) is 20.4 Å². The number of hydrogen-bond acceptors (Lipinski definition) is 5. The highest BCUT2D eigenvalue weighted by Crippen LogP contribution is 2.30. The number of ether oxygens (including phenoxy) is 1. The Morgan fingerprint density at radius 3 is 2.70 bits per heavy atom. The van der Waals surface area contributed by atoms with Crippen LogP contribution in [-0.4, -0.2) is 42.3 Å². The summed E-state index contributed by atoms with van der Waals surface area (Å²) >= 11 is 6.06. The number of amides is 2. The summed E-state index contributed by atoms with van der Waals surface area (Å²) in [7, 11) is 4.98. The standard InChI is InChI=1S/C18H24ClN5O3/c1-11-7-14(15(27-4)8-13(11)19)23-16(25)5-6-21-18(26)17(20-2)12-9-22-24(3)10-12/h7-10,17,20H,5-6H2,1-4H3,(H,21,26)(H,23,25). The molecule has 27 heavy (non-hydrogen) atoms. The summed E-state index contributed by atoms with van der Waals surface area (Å²) < 4.78 is 6.86. The highest BCUT2D eigenvalue weighted by molar-refractivity contribution is 6.31. The quantitative estimate of drug-likeness (QED) is 0.635. The number of anilines is 1. The minimum Gasteiger partial charge on any atom is -0.495 e. The second-order valence-corrected chi connectivity index (χ2v) is 6.47. The van der Waals surface area contributed by atoms with E-state index in [-0.39, 0.29) is 24.8 Å². The number of methoxy groups -OCH3 is 1. The van der Waals surface area contributed by atoms with Crippen molar-refractivity contribution < 1.29 is 14.3 Å². The molecule has 0 radical (unpaired) electrons. The van der Waals surface area contributed by atoms with Gasteiger partial charge in [0.1, 0.15) is 11.8 Å². The first-order valence-electron chi connectivity index (χ1n) is 8.43. The molecule has 8 nitrogen and oxygen atoms in total. The Balaban J connectivity index is 1.89. The molecule has 2 aromatic rings. The molecule has 9 heteroatoms. The highest BCUT2D eigenvalue weighted by Gasteiger charge is 2.20. The number of aromatic nitrogens is 2. The number of likely N-dealkylation sites (N-methyl/N-ethyl adjacent to an activating group) is 1. The summed E-state index contributed by atoms with van der Waals surface area (Å²) in [6.07, 6.45) is 3.52. The molecular formula is C18H24ClN5O3. The van der Waals surface area contributed by atoms with Crippen molar-refractivity contribution in [3.63, 3.8) is 0 Å². The molecule has 1 unspecified atom stereocenters. The van der Waals surface area contributed by atoms with Gasteiger partial charge in [0.05, 0.1) is 19.0 Å². The van der Waals surface area contributed by atoms with E-state index in [1.165, 1.54) is 7.11 Å². The lowest BCUT2D eigenvalue weighted by Gasteiger charge is -2.15. The van der Waals surface area contributed by atoms with Crippen molar-refractivity contribution >= 4 is 29.1 Å². The second-order valence-electron chi connectivity index (χ2n) is 6.06. The van der Waals surface area contributed by atoms with Gasteiger partial charge in [-0.05, 0) is 25.6 Å². The van der Waals surface area contributed by atoms with Crippen LogP contribution in [0.15, 0.2) is 24.5 Å². The van der Waals surface area contributed by atoms with Crippen LogP contribution in [0.3, 0.4) is 0 Å². The van der Waals surface area contributed by atoms with Crippen molar-refractivity contribution in [2.24, 2.45) is 7.05 Å². The van der Waals surface area contributed by atoms with Crippen molar-refractivity contribution in [2.75, 3.05) is 26.0 Å². The molecule has 2 rings (SSSR count). The molecular weight excluding hydrogens is 370 g/mol. The number of benzene rings is 1. The minimum absolute atomic E-state index is 0.125. The Kier molecular flexibility index (Phi) is 7.20. The molecule has 1 heterocycles. The Labute approximate surface area is 163 Å². The first kappa shape index (κ1) is 20.7. The molecule has 0 spiro atoms. The molecule has 1 aromatic heterocycles. The summed E-state index contributed by atoms with van der Waals surface area (Å²) in [4.78, 5) is 24.5. The smallest absolute Gasteiger partial charge is 0.241 e. The first-order valence-corrected chi connectivity index (χ1v) is 8.81. The monoisotopic (exact) mass is 393 g/mol. The molecule has 0 bridgehead atoms. The Morgan fingerprint density at radius 2 is 2.11 bits per heavy atom. The van der Waals surface area contributed by atoms with Crippen molar-refractivity contribution in [1.29, 1.82) is 0 Å². The molecule has 146 valence electrons. The lowest BCUT2D eigenvalue weighted by molar-refractivity contribution is -0.123. The fourth-order valence-corrected chi connectivity index (χ4v) is 2.74. The van der Waals surface area contributed by atoms with E-state index in [1.807, 2.05) is 6.92 Å². The normalized spacial score (nSPS) is 11.7. The van der Waals surface area contributed by atoms with Gasteiger partial charge in [0, 0.05) is 42.9 Å². The van der Waals surface area contributed by atoms with Crippen LogP contribution in [0.2, 0.25) is 5.02 Å². The summed E-state index contributed by atoms with van der Waals surface area (Å²) in [5.74, 6) is 0.0192. The van der Waals surface area contributed by atoms with E-state index in [0.717, 1.165) is 11.1 Å². The van der Waals surface area contributed by atoms with Crippen LogP contribution in [0, 0.1) is 6.92 Å². The summed E-state index contributed by atoms with van der Waals surface area (Å²) in [6.45, 7) is 2.05. The molecule has 0 saturated carbocycles. The zero-order chi connectivity index (χ0) is 20.0. The third-order valence-electron chi connectivity index (χ3n) is 4.02. The maximum absolute atomic E-state index is 12.3. The lowest BCUT2D eigenvalue weighted by atomic mass is 10.1. The largest absolute Gasteiger partial charge is 0.495 e. The van der Waals surface area contributed by atoms with Gasteiger partial charge in [-0.15, -0.1) is 0 Å². The fraction of sp³-hybridized carbons (Fsp3) is 0.389. The first-order chi connectivity index (χ1) is 12.8. The van der Waals surface area contributed by atoms with Gasteiger partial charge in [0.2, 0.25) is 11.8 Å². The fourth-order valence-electron chi connectivity index (χ4n) is 2.58. The van der Waals surface area contributed by atoms with Crippen molar-refractivity contribution in [3.05, 3.63) is 40.7 Å². The van der Waals surface area contributed by atoms with Gasteiger partial charge in [-0.2, -0.15) is 5.10 Å². The summed E-state index contributed by atoms with van der Waals surface area (Å²) in [6, 6.07) is 2.87. The molecule has 0 fully saturated rings. The number of nitrogens with zero attached hydrogens (tertiary/aromatic N) is 2. The zero-order valence-corrected chi connectivity index (χ0v) is 16.6. The molecule has 0 saturated heterocycles. The molecule has 0 aliphatic rings. The summed E-state index contributed by atoms with van der Waals surface area (Å²) in [5, 5.41) is 13.1. The van der Waals surface area contributed by atoms with Crippen LogP contribution in [0.4, 0.5) is 5.69 Å². The summed E-state index contributed by atoms with van der Waals surface area (Å²) in [5.41, 5.74) is 2.12. The van der Waals surface area contributed by atoms with Crippen LogP contribution >= 0.6 is 11.6 Å². The average Bonchev–Trinajstić information content (AvgIpc) is 3.04. The van der Waals surface area contributed by atoms with E-state index in [9.17, 15) is 9.59 Å². The Hall–Kier alpha value is -2.58. The van der Waals surface area contributed by atoms with E-state index in [4.69, 9.17) is 16.3 Å². The number of carbonyl (C=O) groups is 2. The maximum atomic E-state index is 12.3. The molecule has 0 aliphatic carbocycles. The number of halogens is 1. The van der Waals surface area contributed by atoms with Crippen LogP contribution in [0.25, 0.3) is 0 Å². The van der Waals surface area contributed by atoms with Gasteiger partial charge in [-0.1, -0.05) is 11.6 Å². The number of rotatable bonds is 8. The Bertz CT molecular complexity index is 821. The van der Waals surface area contributed by atoms with Crippen LogP contribution in [-0.2, 0) is 16.6 Å². The van der Waals surface area contributed by atoms with Crippen LogP contribution < -0.4 is 20.7 Å². The second kappa shape index (κ2) is 9.38. The molecule has 1 aromatic carbocycles.